The summed E-state index contributed by atoms with van der Waals surface area (Å²) in [5.74, 6) is 0.109. The fourth-order valence-electron chi connectivity index (χ4n) is 4.25. The second-order valence-corrected chi connectivity index (χ2v) is 11.6. The SMILES string of the molecule is COc1ccc(CN(CC(=O)O[C@@H](Cc2c(Cl)cncc2Cl)c2ccc(OC(F)F)c(OCC3CC3)c2)S(=O)[O-])cc1OC. The van der Waals surface area contributed by atoms with E-state index in [2.05, 4.69) is 9.72 Å². The van der Waals surface area contributed by atoms with Gasteiger partial charge in [-0.1, -0.05) is 35.3 Å². The van der Waals surface area contributed by atoms with Gasteiger partial charge in [-0.15, -0.1) is 0 Å². The number of carbonyl (C=O) groups is 1. The molecule has 15 heteroatoms. The lowest BCUT2D eigenvalue weighted by Gasteiger charge is -2.26. The normalized spacial score (nSPS) is 14.3. The Balaban J connectivity index is 1.60. The zero-order chi connectivity index (χ0) is 31.8. The van der Waals surface area contributed by atoms with E-state index in [9.17, 15) is 22.3 Å². The Kier molecular flexibility index (Phi) is 12.0. The minimum absolute atomic E-state index is 0.0402. The highest BCUT2D eigenvalue weighted by molar-refractivity contribution is 7.76. The molecule has 1 aliphatic carbocycles. The monoisotopic (exact) mass is 673 g/mol. The van der Waals surface area contributed by atoms with Crippen molar-refractivity contribution >= 4 is 40.4 Å². The molecule has 0 saturated heterocycles. The van der Waals surface area contributed by atoms with Gasteiger partial charge in [0.2, 0.25) is 0 Å². The van der Waals surface area contributed by atoms with Crippen LogP contribution >= 0.6 is 23.2 Å². The Hall–Kier alpha value is -3.23. The first-order valence-corrected chi connectivity index (χ1v) is 15.1. The minimum atomic E-state index is -3.09. The molecule has 1 saturated carbocycles. The maximum Gasteiger partial charge on any atom is 0.387 e. The summed E-state index contributed by atoms with van der Waals surface area (Å²) in [4.78, 5) is 17.2. The zero-order valence-electron chi connectivity index (χ0n) is 23.7. The number of methoxy groups -OCH3 is 2. The predicted molar refractivity (Wildman–Crippen MR) is 157 cm³/mol. The second kappa shape index (κ2) is 15.7. The molecule has 0 bridgehead atoms. The third-order valence-corrected chi connectivity index (χ3v) is 8.00. The van der Waals surface area contributed by atoms with Crippen LogP contribution in [0, 0.1) is 5.92 Å². The highest BCUT2D eigenvalue weighted by Gasteiger charge is 2.26. The lowest BCUT2D eigenvalue weighted by atomic mass is 10.0. The van der Waals surface area contributed by atoms with Gasteiger partial charge in [0, 0.05) is 36.6 Å². The van der Waals surface area contributed by atoms with E-state index in [0.717, 1.165) is 17.1 Å². The van der Waals surface area contributed by atoms with E-state index >= 15 is 0 Å². The van der Waals surface area contributed by atoms with E-state index in [1.54, 1.807) is 18.2 Å². The molecular weight excluding hydrogens is 645 g/mol. The van der Waals surface area contributed by atoms with Crippen LogP contribution in [0.25, 0.3) is 0 Å². The van der Waals surface area contributed by atoms with Crippen LogP contribution in [0.5, 0.6) is 23.0 Å². The fourth-order valence-corrected chi connectivity index (χ4v) is 5.24. The van der Waals surface area contributed by atoms with Crippen LogP contribution in [0.3, 0.4) is 0 Å². The maximum atomic E-state index is 13.2. The molecule has 10 nitrogen and oxygen atoms in total. The number of hydrogen-bond acceptors (Lipinski definition) is 9. The quantitative estimate of drug-likeness (QED) is 0.135. The Morgan fingerprint density at radius 3 is 2.34 bits per heavy atom. The first-order valence-electron chi connectivity index (χ1n) is 13.3. The van der Waals surface area contributed by atoms with Gasteiger partial charge < -0.3 is 28.2 Å². The van der Waals surface area contributed by atoms with Gasteiger partial charge >= 0.3 is 12.6 Å². The Morgan fingerprint density at radius 1 is 1.05 bits per heavy atom. The number of alkyl halides is 2. The molecule has 44 heavy (non-hydrogen) atoms. The van der Waals surface area contributed by atoms with Gasteiger partial charge in [-0.2, -0.15) is 8.78 Å². The van der Waals surface area contributed by atoms with Crippen LogP contribution in [0.4, 0.5) is 8.78 Å². The molecule has 0 radical (unpaired) electrons. The smallest absolute Gasteiger partial charge is 0.387 e. The topological polar surface area (TPSA) is 119 Å². The van der Waals surface area contributed by atoms with Crippen LogP contribution in [-0.4, -0.2) is 58.0 Å². The van der Waals surface area contributed by atoms with Gasteiger partial charge in [-0.3, -0.25) is 14.0 Å². The first-order chi connectivity index (χ1) is 21.1. The van der Waals surface area contributed by atoms with Crippen molar-refractivity contribution in [1.82, 2.24) is 9.29 Å². The van der Waals surface area contributed by atoms with Crippen molar-refractivity contribution in [2.75, 3.05) is 27.4 Å². The molecule has 4 rings (SSSR count). The number of esters is 1. The maximum absolute atomic E-state index is 13.2. The summed E-state index contributed by atoms with van der Waals surface area (Å²) in [6.45, 7) is -3.60. The summed E-state index contributed by atoms with van der Waals surface area (Å²) >= 11 is 9.88. The van der Waals surface area contributed by atoms with Crippen molar-refractivity contribution in [3.63, 3.8) is 0 Å². The number of halogens is 4. The average Bonchev–Trinajstić information content (AvgIpc) is 3.82. The van der Waals surface area contributed by atoms with E-state index < -0.39 is 36.5 Å². The van der Waals surface area contributed by atoms with Crippen molar-refractivity contribution in [2.45, 2.75) is 38.5 Å². The molecule has 2 atom stereocenters. The van der Waals surface area contributed by atoms with Gasteiger partial charge in [0.25, 0.3) is 0 Å². The Morgan fingerprint density at radius 2 is 1.73 bits per heavy atom. The Labute approximate surface area is 265 Å². The highest BCUT2D eigenvalue weighted by atomic mass is 35.5. The molecule has 2 aromatic carbocycles. The number of aromatic nitrogens is 1. The van der Waals surface area contributed by atoms with Crippen LogP contribution in [0.2, 0.25) is 10.0 Å². The molecule has 1 aliphatic rings. The van der Waals surface area contributed by atoms with Gasteiger partial charge in [-0.25, -0.2) is 4.31 Å². The molecule has 0 aliphatic heterocycles. The molecular formula is C29H29Cl2F2N2O8S-. The van der Waals surface area contributed by atoms with Crippen molar-refractivity contribution < 1.29 is 46.0 Å². The third-order valence-electron chi connectivity index (χ3n) is 6.67. The summed E-state index contributed by atoms with van der Waals surface area (Å²) in [6.07, 6.45) is 3.55. The molecule has 0 amide bonds. The van der Waals surface area contributed by atoms with Gasteiger partial charge in [0.05, 0.1) is 30.9 Å². The number of pyridine rings is 1. The summed E-state index contributed by atoms with van der Waals surface area (Å²) in [7, 11) is 2.91. The lowest BCUT2D eigenvalue weighted by Crippen LogP contribution is -2.33. The Bertz CT molecular complexity index is 1460. The van der Waals surface area contributed by atoms with E-state index in [4.69, 9.17) is 42.1 Å². The van der Waals surface area contributed by atoms with Crippen LogP contribution in [0.15, 0.2) is 48.8 Å². The van der Waals surface area contributed by atoms with Gasteiger partial charge in [0.15, 0.2) is 23.0 Å². The number of nitrogens with zero attached hydrogens (tertiary/aromatic N) is 2. The third kappa shape index (κ3) is 9.38. The van der Waals surface area contributed by atoms with Crippen LogP contribution in [-0.2, 0) is 33.8 Å². The molecule has 1 unspecified atom stereocenters. The van der Waals surface area contributed by atoms with Crippen LogP contribution in [0.1, 0.15) is 35.6 Å². The largest absolute Gasteiger partial charge is 0.760 e. The molecule has 0 N–H and O–H groups in total. The lowest BCUT2D eigenvalue weighted by molar-refractivity contribution is -0.149. The molecule has 238 valence electrons. The molecule has 0 spiro atoms. The predicted octanol–water partition coefficient (Wildman–Crippen LogP) is 5.92. The summed E-state index contributed by atoms with van der Waals surface area (Å²) in [5, 5.41) is 0.411. The number of rotatable bonds is 16. The van der Waals surface area contributed by atoms with Crippen molar-refractivity contribution in [3.05, 3.63) is 75.5 Å². The van der Waals surface area contributed by atoms with Gasteiger partial charge in [0.1, 0.15) is 12.6 Å². The molecule has 3 aromatic rings. The molecule has 1 aromatic heterocycles. The van der Waals surface area contributed by atoms with E-state index in [1.807, 2.05) is 0 Å². The zero-order valence-corrected chi connectivity index (χ0v) is 26.0. The average molecular weight is 675 g/mol. The minimum Gasteiger partial charge on any atom is -0.760 e. The number of hydrogen-bond donors (Lipinski definition) is 0. The number of ether oxygens (including phenoxy) is 5. The fraction of sp³-hybridized carbons (Fsp3) is 0.379. The van der Waals surface area contributed by atoms with E-state index in [1.165, 1.54) is 44.8 Å². The second-order valence-electron chi connectivity index (χ2n) is 9.81. The summed E-state index contributed by atoms with van der Waals surface area (Å²) < 4.78 is 77.9. The van der Waals surface area contributed by atoms with Crippen LogP contribution < -0.4 is 18.9 Å². The first kappa shape index (κ1) is 33.7. The highest BCUT2D eigenvalue weighted by Crippen LogP contribution is 2.38. The summed E-state index contributed by atoms with van der Waals surface area (Å²) in [6, 6.07) is 9.00. The van der Waals surface area contributed by atoms with Gasteiger partial charge in [-0.05, 0) is 59.7 Å². The molecule has 1 heterocycles. The number of carbonyl (C=O) groups excluding carboxylic acids is 1. The van der Waals surface area contributed by atoms with Crippen molar-refractivity contribution in [2.24, 2.45) is 5.92 Å². The summed E-state index contributed by atoms with van der Waals surface area (Å²) in [5.41, 5.74) is 1.28. The van der Waals surface area contributed by atoms with E-state index in [0.29, 0.717) is 40.7 Å². The molecule has 1 fully saturated rings. The van der Waals surface area contributed by atoms with E-state index in [-0.39, 0.29) is 34.5 Å². The number of benzene rings is 2. The standard InChI is InChI=1S/C29H30Cl2F2N2O8S/c1-39-23-7-5-18(9-26(23)40-2)14-35(44(37)38)15-28(36)42-25(11-20-21(30)12-34-13-22(20)31)19-6-8-24(43-29(32)33)27(10-19)41-16-17-3-4-17/h5-10,12-13,17,25,29H,3-4,11,14-16H2,1-2H3,(H,37,38)/p-1/t25-/m0/s1. The van der Waals surface area contributed by atoms with Crippen molar-refractivity contribution in [1.29, 1.82) is 0 Å². The van der Waals surface area contributed by atoms with Crippen molar-refractivity contribution in [3.8, 4) is 23.0 Å².